The molecular formula is C12H19Cl2N3O2S. The molecule has 1 aromatic rings. The molecule has 1 fully saturated rings. The van der Waals surface area contributed by atoms with Gasteiger partial charge >= 0.3 is 0 Å². The van der Waals surface area contributed by atoms with Crippen molar-refractivity contribution in [3.05, 3.63) is 23.5 Å². The van der Waals surface area contributed by atoms with E-state index in [-0.39, 0.29) is 23.3 Å². The number of halogens is 2. The Hall–Kier alpha value is -0.400. The van der Waals surface area contributed by atoms with Crippen molar-refractivity contribution in [1.82, 2.24) is 9.71 Å². The fourth-order valence-electron chi connectivity index (χ4n) is 2.50. The first-order valence-corrected chi connectivity index (χ1v) is 8.22. The second-order valence-electron chi connectivity index (χ2n) is 4.85. The van der Waals surface area contributed by atoms with Crippen LogP contribution in [0.2, 0.25) is 5.02 Å². The van der Waals surface area contributed by atoms with E-state index in [1.165, 1.54) is 18.5 Å². The SMILES string of the molecule is Cl.NCC(NS(=O)(=O)c1cncc(Cl)c1)C1CCCC1. The van der Waals surface area contributed by atoms with Gasteiger partial charge in [-0.15, -0.1) is 12.4 Å². The third kappa shape index (κ3) is 4.30. The number of sulfonamides is 1. The van der Waals surface area contributed by atoms with Gasteiger partial charge in [0.25, 0.3) is 0 Å². The molecule has 1 aliphatic rings. The second kappa shape index (κ2) is 7.56. The predicted molar refractivity (Wildman–Crippen MR) is 81.6 cm³/mol. The highest BCUT2D eigenvalue weighted by atomic mass is 35.5. The molecule has 114 valence electrons. The number of rotatable bonds is 5. The number of pyridine rings is 1. The zero-order valence-corrected chi connectivity index (χ0v) is 13.3. The summed E-state index contributed by atoms with van der Waals surface area (Å²) in [5, 5.41) is 0.299. The number of hydrogen-bond donors (Lipinski definition) is 2. The van der Waals surface area contributed by atoms with Gasteiger partial charge in [-0.25, -0.2) is 13.1 Å². The molecule has 3 N–H and O–H groups in total. The molecule has 0 aromatic carbocycles. The number of aromatic nitrogens is 1. The van der Waals surface area contributed by atoms with Crippen molar-refractivity contribution in [2.75, 3.05) is 6.54 Å². The van der Waals surface area contributed by atoms with Gasteiger partial charge in [-0.1, -0.05) is 24.4 Å². The monoisotopic (exact) mass is 339 g/mol. The van der Waals surface area contributed by atoms with Gasteiger partial charge in [0.05, 0.1) is 5.02 Å². The average molecular weight is 340 g/mol. The number of nitrogens with one attached hydrogen (secondary N) is 1. The number of nitrogens with zero attached hydrogens (tertiary/aromatic N) is 1. The van der Waals surface area contributed by atoms with Gasteiger partial charge in [0, 0.05) is 25.0 Å². The number of hydrogen-bond acceptors (Lipinski definition) is 4. The Balaban J connectivity index is 0.00000200. The minimum Gasteiger partial charge on any atom is -0.329 e. The molecule has 5 nitrogen and oxygen atoms in total. The van der Waals surface area contributed by atoms with Crippen LogP contribution in [0.15, 0.2) is 23.4 Å². The summed E-state index contributed by atoms with van der Waals surface area (Å²) in [4.78, 5) is 3.88. The summed E-state index contributed by atoms with van der Waals surface area (Å²) < 4.78 is 27.2. The van der Waals surface area contributed by atoms with Crippen molar-refractivity contribution in [2.24, 2.45) is 11.7 Å². The molecule has 0 radical (unpaired) electrons. The van der Waals surface area contributed by atoms with Gasteiger partial charge in [-0.2, -0.15) is 0 Å². The standard InChI is InChI=1S/C12H18ClN3O2S.ClH/c13-10-5-11(8-15-7-10)19(17,18)16-12(6-14)9-3-1-2-4-9;/h5,7-9,12,16H,1-4,6,14H2;1H. The molecule has 1 aromatic heterocycles. The van der Waals surface area contributed by atoms with E-state index in [1.54, 1.807) is 0 Å². The third-order valence-corrected chi connectivity index (χ3v) is 5.18. The van der Waals surface area contributed by atoms with E-state index in [4.69, 9.17) is 17.3 Å². The van der Waals surface area contributed by atoms with Gasteiger partial charge in [0.2, 0.25) is 10.0 Å². The quantitative estimate of drug-likeness (QED) is 0.858. The molecule has 0 aliphatic heterocycles. The van der Waals surface area contributed by atoms with Gasteiger partial charge in [-0.05, 0) is 24.8 Å². The predicted octanol–water partition coefficient (Wildman–Crippen LogP) is 1.95. The molecular weight excluding hydrogens is 321 g/mol. The van der Waals surface area contributed by atoms with Gasteiger partial charge in [0.1, 0.15) is 4.90 Å². The fraction of sp³-hybridized carbons (Fsp3) is 0.583. The zero-order valence-electron chi connectivity index (χ0n) is 11.0. The van der Waals surface area contributed by atoms with Crippen LogP contribution >= 0.6 is 24.0 Å². The summed E-state index contributed by atoms with van der Waals surface area (Å²) in [6.07, 6.45) is 7.02. The van der Waals surface area contributed by atoms with Crippen LogP contribution in [0, 0.1) is 5.92 Å². The maximum absolute atomic E-state index is 12.2. The van der Waals surface area contributed by atoms with Gasteiger partial charge in [-0.3, -0.25) is 4.98 Å². The van der Waals surface area contributed by atoms with E-state index >= 15 is 0 Å². The van der Waals surface area contributed by atoms with Gasteiger partial charge < -0.3 is 5.73 Å². The molecule has 1 heterocycles. The topological polar surface area (TPSA) is 85.1 Å². The molecule has 0 amide bonds. The Labute approximate surface area is 130 Å². The molecule has 1 atom stereocenters. The van der Waals surface area contributed by atoms with Gasteiger partial charge in [0.15, 0.2) is 0 Å². The Kier molecular flexibility index (Phi) is 6.68. The molecule has 1 saturated carbocycles. The van der Waals surface area contributed by atoms with Crippen LogP contribution in [-0.2, 0) is 10.0 Å². The smallest absolute Gasteiger partial charge is 0.242 e. The minimum atomic E-state index is -3.61. The van der Waals surface area contributed by atoms with E-state index in [0.29, 0.717) is 17.5 Å². The molecule has 0 spiro atoms. The van der Waals surface area contributed by atoms with Crippen LogP contribution in [0.25, 0.3) is 0 Å². The Bertz CT molecular complexity index is 533. The van der Waals surface area contributed by atoms with Crippen molar-refractivity contribution in [3.63, 3.8) is 0 Å². The minimum absolute atomic E-state index is 0. The Morgan fingerprint density at radius 2 is 2.05 bits per heavy atom. The van der Waals surface area contributed by atoms with Crippen molar-refractivity contribution >= 4 is 34.0 Å². The molecule has 2 rings (SSSR count). The maximum Gasteiger partial charge on any atom is 0.242 e. The van der Waals surface area contributed by atoms with E-state index in [9.17, 15) is 8.42 Å². The first-order valence-electron chi connectivity index (χ1n) is 6.36. The zero-order chi connectivity index (χ0) is 13.9. The van der Waals surface area contributed by atoms with Crippen LogP contribution < -0.4 is 10.5 Å². The normalized spacial score (nSPS) is 17.7. The largest absolute Gasteiger partial charge is 0.329 e. The molecule has 1 aliphatic carbocycles. The summed E-state index contributed by atoms with van der Waals surface area (Å²) in [5.74, 6) is 0.326. The molecule has 1 unspecified atom stereocenters. The average Bonchev–Trinajstić information content (AvgIpc) is 2.90. The van der Waals surface area contributed by atoms with Crippen LogP contribution in [0.4, 0.5) is 0 Å². The second-order valence-corrected chi connectivity index (χ2v) is 7.00. The van der Waals surface area contributed by atoms with Crippen molar-refractivity contribution < 1.29 is 8.42 Å². The first kappa shape index (κ1) is 17.7. The molecule has 0 saturated heterocycles. The highest BCUT2D eigenvalue weighted by Gasteiger charge is 2.28. The number of nitrogens with two attached hydrogens (primary N) is 1. The van der Waals surface area contributed by atoms with Crippen molar-refractivity contribution in [3.8, 4) is 0 Å². The van der Waals surface area contributed by atoms with E-state index in [2.05, 4.69) is 9.71 Å². The first-order chi connectivity index (χ1) is 9.03. The summed E-state index contributed by atoms with van der Waals surface area (Å²) in [6.45, 7) is 0.303. The van der Waals surface area contributed by atoms with E-state index in [1.807, 2.05) is 0 Å². The van der Waals surface area contributed by atoms with Crippen LogP contribution in [0.3, 0.4) is 0 Å². The summed E-state index contributed by atoms with van der Waals surface area (Å²) in [7, 11) is -3.61. The molecule has 8 heteroatoms. The maximum atomic E-state index is 12.2. The lowest BCUT2D eigenvalue weighted by molar-refractivity contribution is 0.405. The highest BCUT2D eigenvalue weighted by Crippen LogP contribution is 2.28. The molecule has 20 heavy (non-hydrogen) atoms. The highest BCUT2D eigenvalue weighted by molar-refractivity contribution is 7.89. The Morgan fingerprint density at radius 3 is 2.60 bits per heavy atom. The lowest BCUT2D eigenvalue weighted by atomic mass is 9.99. The van der Waals surface area contributed by atoms with Crippen LogP contribution in [0.1, 0.15) is 25.7 Å². The van der Waals surface area contributed by atoms with Crippen LogP contribution in [0.5, 0.6) is 0 Å². The summed E-state index contributed by atoms with van der Waals surface area (Å²) >= 11 is 5.77. The van der Waals surface area contributed by atoms with E-state index in [0.717, 1.165) is 25.7 Å². The van der Waals surface area contributed by atoms with Crippen LogP contribution in [-0.4, -0.2) is 26.0 Å². The van der Waals surface area contributed by atoms with Crippen molar-refractivity contribution in [1.29, 1.82) is 0 Å². The third-order valence-electron chi connectivity index (χ3n) is 3.52. The summed E-state index contributed by atoms with van der Waals surface area (Å²) in [6, 6.07) is 1.17. The fourth-order valence-corrected chi connectivity index (χ4v) is 4.05. The molecule has 0 bridgehead atoms. The lowest BCUT2D eigenvalue weighted by Crippen LogP contribution is -2.44. The Morgan fingerprint density at radius 1 is 1.40 bits per heavy atom. The summed E-state index contributed by atoms with van der Waals surface area (Å²) in [5.41, 5.74) is 5.70. The van der Waals surface area contributed by atoms with E-state index < -0.39 is 10.0 Å². The lowest BCUT2D eigenvalue weighted by Gasteiger charge is -2.22. The van der Waals surface area contributed by atoms with Crippen molar-refractivity contribution in [2.45, 2.75) is 36.6 Å².